The van der Waals surface area contributed by atoms with Gasteiger partial charge < -0.3 is 9.47 Å². The lowest BCUT2D eigenvalue weighted by Gasteiger charge is -2.04. The first kappa shape index (κ1) is 16.2. The van der Waals surface area contributed by atoms with Gasteiger partial charge in [-0.3, -0.25) is 10.1 Å². The topological polar surface area (TPSA) is 78.7 Å². The number of carbonyl (C=O) groups excluding carboxylic acids is 1. The lowest BCUT2D eigenvalue weighted by atomic mass is 10.2. The monoisotopic (exact) mass is 313 g/mol. The quantitative estimate of drug-likeness (QED) is 0.354. The predicted octanol–water partition coefficient (Wildman–Crippen LogP) is 3.06. The first-order valence-corrected chi connectivity index (χ1v) is 6.81. The number of hydrogen-bond acceptors (Lipinski definition) is 5. The summed E-state index contributed by atoms with van der Waals surface area (Å²) in [6, 6.07) is 15.5. The van der Waals surface area contributed by atoms with Crippen LogP contribution in [0, 0.1) is 10.1 Å². The number of methoxy groups -OCH3 is 1. The van der Waals surface area contributed by atoms with Crippen LogP contribution in [0.2, 0.25) is 0 Å². The van der Waals surface area contributed by atoms with E-state index in [1.165, 1.54) is 13.2 Å². The third-order valence-corrected chi connectivity index (χ3v) is 3.04. The van der Waals surface area contributed by atoms with Crippen molar-refractivity contribution >= 4 is 12.0 Å². The Morgan fingerprint density at radius 2 is 1.78 bits per heavy atom. The van der Waals surface area contributed by atoms with E-state index in [0.717, 1.165) is 5.56 Å². The van der Waals surface area contributed by atoms with Gasteiger partial charge in [-0.1, -0.05) is 42.5 Å². The van der Waals surface area contributed by atoms with Crippen LogP contribution in [0.3, 0.4) is 0 Å². The van der Waals surface area contributed by atoms with Crippen LogP contribution < -0.4 is 4.74 Å². The third-order valence-electron chi connectivity index (χ3n) is 3.04. The molecule has 0 unspecified atom stereocenters. The maximum atomic E-state index is 11.9. The summed E-state index contributed by atoms with van der Waals surface area (Å²) < 4.78 is 10.0. The lowest BCUT2D eigenvalue weighted by Crippen LogP contribution is -2.14. The molecule has 2 aromatic rings. The summed E-state index contributed by atoms with van der Waals surface area (Å²) in [6.07, 6.45) is 1.17. The Labute approximate surface area is 133 Å². The van der Waals surface area contributed by atoms with E-state index in [1.807, 2.05) is 6.07 Å². The van der Waals surface area contributed by atoms with Crippen LogP contribution >= 0.6 is 0 Å². The number of esters is 1. The maximum absolute atomic E-state index is 11.9. The van der Waals surface area contributed by atoms with Crippen molar-refractivity contribution in [1.29, 1.82) is 0 Å². The molecule has 0 heterocycles. The van der Waals surface area contributed by atoms with E-state index in [9.17, 15) is 14.9 Å². The number of ether oxygens (including phenoxy) is 2. The summed E-state index contributed by atoms with van der Waals surface area (Å²) >= 11 is 0. The summed E-state index contributed by atoms with van der Waals surface area (Å²) in [7, 11) is 1.52. The molecular formula is C17H15NO5. The second-order valence-electron chi connectivity index (χ2n) is 4.62. The molecule has 0 bridgehead atoms. The van der Waals surface area contributed by atoms with Crippen molar-refractivity contribution in [2.45, 2.75) is 6.61 Å². The van der Waals surface area contributed by atoms with Crippen molar-refractivity contribution in [3.8, 4) is 5.75 Å². The predicted molar refractivity (Wildman–Crippen MR) is 84.2 cm³/mol. The van der Waals surface area contributed by atoms with E-state index in [0.29, 0.717) is 11.3 Å². The first-order valence-electron chi connectivity index (χ1n) is 6.81. The van der Waals surface area contributed by atoms with Crippen molar-refractivity contribution in [3.63, 3.8) is 0 Å². The summed E-state index contributed by atoms with van der Waals surface area (Å²) in [5, 5.41) is 11.1. The van der Waals surface area contributed by atoms with E-state index in [2.05, 4.69) is 0 Å². The minimum atomic E-state index is -0.977. The van der Waals surface area contributed by atoms with Gasteiger partial charge in [0.1, 0.15) is 12.4 Å². The van der Waals surface area contributed by atoms with Gasteiger partial charge in [0, 0.05) is 6.08 Å². The van der Waals surface area contributed by atoms with Crippen LogP contribution in [0.15, 0.2) is 60.3 Å². The van der Waals surface area contributed by atoms with Gasteiger partial charge in [0.05, 0.1) is 12.0 Å². The van der Waals surface area contributed by atoms with E-state index in [-0.39, 0.29) is 6.61 Å². The van der Waals surface area contributed by atoms with Gasteiger partial charge in [0.25, 0.3) is 0 Å². The Morgan fingerprint density at radius 1 is 1.13 bits per heavy atom. The van der Waals surface area contributed by atoms with Crippen LogP contribution in [0.4, 0.5) is 0 Å². The van der Waals surface area contributed by atoms with Gasteiger partial charge in [-0.25, -0.2) is 4.79 Å². The van der Waals surface area contributed by atoms with Crippen molar-refractivity contribution in [3.05, 3.63) is 81.5 Å². The normalized spacial score (nSPS) is 10.9. The highest BCUT2D eigenvalue weighted by Crippen LogP contribution is 2.15. The zero-order chi connectivity index (χ0) is 16.7. The zero-order valence-corrected chi connectivity index (χ0v) is 12.5. The average Bonchev–Trinajstić information content (AvgIpc) is 2.58. The van der Waals surface area contributed by atoms with E-state index in [1.54, 1.807) is 48.5 Å². The Kier molecular flexibility index (Phi) is 5.46. The Bertz CT molecular complexity index is 708. The van der Waals surface area contributed by atoms with Crippen LogP contribution in [0.25, 0.3) is 6.08 Å². The van der Waals surface area contributed by atoms with Crippen LogP contribution in [-0.2, 0) is 16.1 Å². The molecule has 0 aliphatic carbocycles. The largest absolute Gasteiger partial charge is 0.497 e. The van der Waals surface area contributed by atoms with Gasteiger partial charge in [-0.05, 0) is 23.3 Å². The summed E-state index contributed by atoms with van der Waals surface area (Å²) in [5.74, 6) is -0.355. The number of nitrogens with zero attached hydrogens (tertiary/aromatic N) is 1. The molecule has 0 saturated heterocycles. The number of benzene rings is 2. The van der Waals surface area contributed by atoms with Gasteiger partial charge in [0.15, 0.2) is 0 Å². The fraction of sp³-hybridized carbons (Fsp3) is 0.118. The molecule has 23 heavy (non-hydrogen) atoms. The highest BCUT2D eigenvalue weighted by atomic mass is 16.6. The Hall–Kier alpha value is -3.15. The minimum Gasteiger partial charge on any atom is -0.497 e. The fourth-order valence-electron chi connectivity index (χ4n) is 1.84. The first-order chi connectivity index (χ1) is 11.1. The Morgan fingerprint density at radius 3 is 2.35 bits per heavy atom. The third kappa shape index (κ3) is 4.67. The summed E-state index contributed by atoms with van der Waals surface area (Å²) in [6.45, 7) is -0.0204. The van der Waals surface area contributed by atoms with Crippen molar-refractivity contribution in [2.24, 2.45) is 0 Å². The molecule has 0 spiro atoms. The highest BCUT2D eigenvalue weighted by Gasteiger charge is 2.23. The van der Waals surface area contributed by atoms with E-state index in [4.69, 9.17) is 9.47 Å². The minimum absolute atomic E-state index is 0.0204. The van der Waals surface area contributed by atoms with Crippen LogP contribution in [0.1, 0.15) is 11.1 Å². The Balaban J connectivity index is 2.11. The molecule has 6 heteroatoms. The molecule has 2 aromatic carbocycles. The SMILES string of the molecule is COc1ccc(/C=C(/C(=O)OCc2ccccc2)[N+](=O)[O-])cc1. The van der Waals surface area contributed by atoms with Gasteiger partial charge in [-0.15, -0.1) is 0 Å². The molecule has 0 radical (unpaired) electrons. The smallest absolute Gasteiger partial charge is 0.410 e. The van der Waals surface area contributed by atoms with Gasteiger partial charge >= 0.3 is 11.7 Å². The molecule has 2 rings (SSSR count). The molecule has 0 atom stereocenters. The van der Waals surface area contributed by atoms with Crippen molar-refractivity contribution < 1.29 is 19.2 Å². The summed E-state index contributed by atoms with van der Waals surface area (Å²) in [4.78, 5) is 22.3. The van der Waals surface area contributed by atoms with Gasteiger partial charge in [0.2, 0.25) is 0 Å². The van der Waals surface area contributed by atoms with E-state index < -0.39 is 16.6 Å². The second kappa shape index (κ2) is 7.74. The summed E-state index contributed by atoms with van der Waals surface area (Å²) in [5.41, 5.74) is 0.647. The molecule has 118 valence electrons. The number of carbonyl (C=O) groups is 1. The molecule has 0 amide bonds. The molecule has 0 aliphatic heterocycles. The van der Waals surface area contributed by atoms with Crippen LogP contribution in [0.5, 0.6) is 5.75 Å². The number of nitro groups is 1. The molecule has 6 nitrogen and oxygen atoms in total. The number of hydrogen-bond donors (Lipinski definition) is 0. The zero-order valence-electron chi connectivity index (χ0n) is 12.5. The molecule has 0 aliphatic rings. The van der Waals surface area contributed by atoms with Crippen LogP contribution in [-0.4, -0.2) is 18.0 Å². The van der Waals surface area contributed by atoms with Crippen molar-refractivity contribution in [1.82, 2.24) is 0 Å². The maximum Gasteiger partial charge on any atom is 0.410 e. The molecule has 0 fully saturated rings. The highest BCUT2D eigenvalue weighted by molar-refractivity contribution is 5.90. The second-order valence-corrected chi connectivity index (χ2v) is 4.62. The molecule has 0 N–H and O–H groups in total. The number of rotatable bonds is 6. The standard InChI is InChI=1S/C17H15NO5/c1-22-15-9-7-13(8-10-15)11-16(18(20)21)17(19)23-12-14-5-3-2-4-6-14/h2-11H,12H2,1H3/b16-11-. The molecule has 0 saturated carbocycles. The van der Waals surface area contributed by atoms with Gasteiger partial charge in [-0.2, -0.15) is 0 Å². The van der Waals surface area contributed by atoms with Crippen molar-refractivity contribution in [2.75, 3.05) is 7.11 Å². The average molecular weight is 313 g/mol. The molecule has 0 aromatic heterocycles. The molecular weight excluding hydrogens is 298 g/mol. The fourth-order valence-corrected chi connectivity index (χ4v) is 1.84. The van der Waals surface area contributed by atoms with E-state index >= 15 is 0 Å². The lowest BCUT2D eigenvalue weighted by molar-refractivity contribution is -0.419.